The number of hydrogen-bond acceptors (Lipinski definition) is 2. The molecule has 94 valence electrons. The van der Waals surface area contributed by atoms with Crippen molar-refractivity contribution in [1.29, 1.82) is 0 Å². The smallest absolute Gasteiger partial charge is 0.0743 e. The summed E-state index contributed by atoms with van der Waals surface area (Å²) < 4.78 is 1.97. The normalized spacial score (nSPS) is 20.1. The average Bonchev–Trinajstić information content (AvgIpc) is 2.67. The van der Waals surface area contributed by atoms with Crippen LogP contribution in [0.4, 0.5) is 0 Å². The van der Waals surface area contributed by atoms with Gasteiger partial charge in [0.05, 0.1) is 11.2 Å². The molecule has 0 saturated heterocycles. The number of hydrogen-bond donors (Lipinski definition) is 1. The van der Waals surface area contributed by atoms with Crippen LogP contribution in [0.25, 0.3) is 10.9 Å². The molecule has 0 bridgehead atoms. The standard InChI is InChI=1S/C15H19N3/c1-18-15-8-3-2-7-13(15)14(17-18)10-11-5-4-6-12(16)9-11/h2-3,7-9,12H,4-6,10,16H2,1H3. The molecule has 3 rings (SSSR count). The van der Waals surface area contributed by atoms with Gasteiger partial charge in [-0.05, 0) is 25.3 Å². The molecule has 0 amide bonds. The Bertz CT molecular complexity index is 595. The SMILES string of the molecule is Cn1nc(CC2=CC(N)CCC2)c2ccccc21. The molecule has 1 atom stereocenters. The van der Waals surface area contributed by atoms with Crippen molar-refractivity contribution >= 4 is 10.9 Å². The Labute approximate surface area is 107 Å². The molecule has 0 aliphatic heterocycles. The van der Waals surface area contributed by atoms with E-state index in [1.807, 2.05) is 11.7 Å². The molecule has 0 saturated carbocycles. The summed E-state index contributed by atoms with van der Waals surface area (Å²) in [7, 11) is 2.01. The van der Waals surface area contributed by atoms with Gasteiger partial charge in [0.25, 0.3) is 0 Å². The van der Waals surface area contributed by atoms with Gasteiger partial charge in [-0.25, -0.2) is 0 Å². The number of allylic oxidation sites excluding steroid dienone is 1. The molecular formula is C15H19N3. The Morgan fingerprint density at radius 2 is 2.22 bits per heavy atom. The van der Waals surface area contributed by atoms with Crippen molar-refractivity contribution in [3.8, 4) is 0 Å². The fourth-order valence-electron chi connectivity index (χ4n) is 2.82. The highest BCUT2D eigenvalue weighted by molar-refractivity contribution is 5.82. The lowest BCUT2D eigenvalue weighted by Gasteiger charge is -2.17. The van der Waals surface area contributed by atoms with Gasteiger partial charge in [0, 0.05) is 24.9 Å². The highest BCUT2D eigenvalue weighted by Crippen LogP contribution is 2.24. The third-order valence-electron chi connectivity index (χ3n) is 3.71. The highest BCUT2D eigenvalue weighted by atomic mass is 15.3. The number of aryl methyl sites for hydroxylation is 1. The summed E-state index contributed by atoms with van der Waals surface area (Å²) in [6, 6.07) is 8.65. The minimum absolute atomic E-state index is 0.240. The van der Waals surface area contributed by atoms with Crippen molar-refractivity contribution in [2.45, 2.75) is 31.7 Å². The lowest BCUT2D eigenvalue weighted by Crippen LogP contribution is -2.20. The molecule has 1 unspecified atom stereocenters. The zero-order valence-corrected chi connectivity index (χ0v) is 10.8. The molecular weight excluding hydrogens is 222 g/mol. The molecule has 1 heterocycles. The van der Waals surface area contributed by atoms with Gasteiger partial charge in [0.1, 0.15) is 0 Å². The number of fused-ring (bicyclic) bond motifs is 1. The van der Waals surface area contributed by atoms with Gasteiger partial charge in [-0.1, -0.05) is 29.8 Å². The fraction of sp³-hybridized carbons (Fsp3) is 0.400. The zero-order chi connectivity index (χ0) is 12.5. The second-order valence-electron chi connectivity index (χ2n) is 5.15. The van der Waals surface area contributed by atoms with E-state index in [-0.39, 0.29) is 6.04 Å². The lowest BCUT2D eigenvalue weighted by molar-refractivity contribution is 0.615. The summed E-state index contributed by atoms with van der Waals surface area (Å²) in [6.07, 6.45) is 6.66. The Kier molecular flexibility index (Phi) is 2.92. The first-order chi connectivity index (χ1) is 8.74. The molecule has 1 aromatic heterocycles. The number of nitrogens with two attached hydrogens (primary N) is 1. The van der Waals surface area contributed by atoms with Crippen LogP contribution in [0.1, 0.15) is 25.0 Å². The van der Waals surface area contributed by atoms with Crippen molar-refractivity contribution < 1.29 is 0 Å². The minimum Gasteiger partial charge on any atom is -0.324 e. The number of aromatic nitrogens is 2. The lowest BCUT2D eigenvalue weighted by atomic mass is 9.93. The fourth-order valence-corrected chi connectivity index (χ4v) is 2.82. The third kappa shape index (κ3) is 2.06. The number of benzene rings is 1. The van der Waals surface area contributed by atoms with Gasteiger partial charge >= 0.3 is 0 Å². The van der Waals surface area contributed by atoms with Crippen LogP contribution in [0, 0.1) is 0 Å². The summed E-state index contributed by atoms with van der Waals surface area (Å²) in [6.45, 7) is 0. The first kappa shape index (κ1) is 11.5. The van der Waals surface area contributed by atoms with Crippen LogP contribution in [0.15, 0.2) is 35.9 Å². The van der Waals surface area contributed by atoms with Crippen LogP contribution >= 0.6 is 0 Å². The van der Waals surface area contributed by atoms with E-state index in [0.717, 1.165) is 12.8 Å². The van der Waals surface area contributed by atoms with E-state index in [4.69, 9.17) is 5.73 Å². The van der Waals surface area contributed by atoms with Gasteiger partial charge in [0.15, 0.2) is 0 Å². The maximum Gasteiger partial charge on any atom is 0.0743 e. The summed E-state index contributed by atoms with van der Waals surface area (Å²) in [5.41, 5.74) is 9.81. The van der Waals surface area contributed by atoms with Crippen LogP contribution in [-0.4, -0.2) is 15.8 Å². The topological polar surface area (TPSA) is 43.8 Å². The first-order valence-electron chi connectivity index (χ1n) is 6.60. The summed E-state index contributed by atoms with van der Waals surface area (Å²) in [5, 5.41) is 5.91. The minimum atomic E-state index is 0.240. The van der Waals surface area contributed by atoms with Crippen molar-refractivity contribution in [1.82, 2.24) is 9.78 Å². The monoisotopic (exact) mass is 241 g/mol. The van der Waals surface area contributed by atoms with Crippen LogP contribution in [-0.2, 0) is 13.5 Å². The predicted molar refractivity (Wildman–Crippen MR) is 74.3 cm³/mol. The van der Waals surface area contributed by atoms with E-state index in [1.54, 1.807) is 0 Å². The van der Waals surface area contributed by atoms with Crippen LogP contribution in [0.2, 0.25) is 0 Å². The quantitative estimate of drug-likeness (QED) is 0.821. The largest absolute Gasteiger partial charge is 0.324 e. The van der Waals surface area contributed by atoms with E-state index in [1.165, 1.54) is 35.0 Å². The van der Waals surface area contributed by atoms with E-state index in [0.29, 0.717) is 0 Å². The van der Waals surface area contributed by atoms with Crippen LogP contribution < -0.4 is 5.73 Å². The van der Waals surface area contributed by atoms with Gasteiger partial charge in [-0.3, -0.25) is 4.68 Å². The van der Waals surface area contributed by atoms with Crippen molar-refractivity contribution in [2.75, 3.05) is 0 Å². The molecule has 2 aromatic rings. The second kappa shape index (κ2) is 4.58. The number of nitrogens with zero attached hydrogens (tertiary/aromatic N) is 2. The van der Waals surface area contributed by atoms with Crippen LogP contribution in [0.5, 0.6) is 0 Å². The molecule has 3 heteroatoms. The van der Waals surface area contributed by atoms with Crippen molar-refractivity contribution in [2.24, 2.45) is 12.8 Å². The highest BCUT2D eigenvalue weighted by Gasteiger charge is 2.14. The van der Waals surface area contributed by atoms with Crippen molar-refractivity contribution in [3.05, 3.63) is 41.6 Å². The summed E-state index contributed by atoms with van der Waals surface area (Å²) in [4.78, 5) is 0. The van der Waals surface area contributed by atoms with E-state index in [9.17, 15) is 0 Å². The average molecular weight is 241 g/mol. The number of rotatable bonds is 2. The van der Waals surface area contributed by atoms with Gasteiger partial charge in [-0.2, -0.15) is 5.10 Å². The Morgan fingerprint density at radius 1 is 1.39 bits per heavy atom. The Hall–Kier alpha value is -1.61. The van der Waals surface area contributed by atoms with Gasteiger partial charge in [-0.15, -0.1) is 0 Å². The molecule has 1 aliphatic rings. The van der Waals surface area contributed by atoms with E-state index in [2.05, 4.69) is 35.4 Å². The Balaban J connectivity index is 1.95. The Morgan fingerprint density at radius 3 is 3.06 bits per heavy atom. The van der Waals surface area contributed by atoms with E-state index >= 15 is 0 Å². The van der Waals surface area contributed by atoms with Crippen LogP contribution in [0.3, 0.4) is 0 Å². The maximum atomic E-state index is 5.99. The molecule has 2 N–H and O–H groups in total. The molecule has 0 radical (unpaired) electrons. The molecule has 3 nitrogen and oxygen atoms in total. The second-order valence-corrected chi connectivity index (χ2v) is 5.15. The maximum absolute atomic E-state index is 5.99. The summed E-state index contributed by atoms with van der Waals surface area (Å²) >= 11 is 0. The summed E-state index contributed by atoms with van der Waals surface area (Å²) in [5.74, 6) is 0. The molecule has 0 spiro atoms. The molecule has 18 heavy (non-hydrogen) atoms. The van der Waals surface area contributed by atoms with Gasteiger partial charge < -0.3 is 5.73 Å². The van der Waals surface area contributed by atoms with Gasteiger partial charge in [0.2, 0.25) is 0 Å². The molecule has 1 aliphatic carbocycles. The molecule has 0 fully saturated rings. The first-order valence-corrected chi connectivity index (χ1v) is 6.60. The number of para-hydroxylation sites is 1. The molecule has 1 aromatic carbocycles. The zero-order valence-electron chi connectivity index (χ0n) is 10.8. The predicted octanol–water partition coefficient (Wildman–Crippen LogP) is 2.55. The van der Waals surface area contributed by atoms with E-state index < -0.39 is 0 Å². The van der Waals surface area contributed by atoms with Crippen molar-refractivity contribution in [3.63, 3.8) is 0 Å². The third-order valence-corrected chi connectivity index (χ3v) is 3.71.